The molecule has 0 heterocycles. The standard InChI is InChI=1S/C21H21FO/c1-2-7-18(21(23)19-10-5-6-11-20(19)22)17-13-12-15-8-3-4-9-16(15)14-17/h3-6,8-14,18,21,23H,2,7H2,1H3/t18-,21+/m0/s1. The first-order valence-electron chi connectivity index (χ1n) is 8.12. The van der Waals surface area contributed by atoms with Gasteiger partial charge in [-0.25, -0.2) is 4.39 Å². The van der Waals surface area contributed by atoms with Crippen LogP contribution in [-0.4, -0.2) is 5.11 Å². The number of hydrogen-bond donors (Lipinski definition) is 1. The highest BCUT2D eigenvalue weighted by molar-refractivity contribution is 5.83. The fourth-order valence-electron chi connectivity index (χ4n) is 3.19. The molecule has 0 amide bonds. The van der Waals surface area contributed by atoms with Crippen molar-refractivity contribution in [3.05, 3.63) is 83.7 Å². The lowest BCUT2D eigenvalue weighted by Crippen LogP contribution is -2.12. The zero-order chi connectivity index (χ0) is 16.2. The van der Waals surface area contributed by atoms with E-state index in [1.165, 1.54) is 11.5 Å². The molecule has 0 saturated heterocycles. The number of fused-ring (bicyclic) bond motifs is 1. The summed E-state index contributed by atoms with van der Waals surface area (Å²) < 4.78 is 14.0. The SMILES string of the molecule is CCC[C@@H](c1ccc2ccccc2c1)[C@@H](O)c1ccccc1F. The largest absolute Gasteiger partial charge is 0.388 e. The molecule has 0 aromatic heterocycles. The first-order chi connectivity index (χ1) is 11.2. The Morgan fingerprint density at radius 1 is 0.913 bits per heavy atom. The quantitative estimate of drug-likeness (QED) is 0.651. The van der Waals surface area contributed by atoms with Gasteiger partial charge in [0.05, 0.1) is 6.10 Å². The first-order valence-corrected chi connectivity index (χ1v) is 8.12. The minimum absolute atomic E-state index is 0.110. The molecule has 0 saturated carbocycles. The van der Waals surface area contributed by atoms with Gasteiger partial charge in [-0.3, -0.25) is 0 Å². The average molecular weight is 308 g/mol. The Bertz CT molecular complexity index is 796. The smallest absolute Gasteiger partial charge is 0.129 e. The third kappa shape index (κ3) is 3.27. The summed E-state index contributed by atoms with van der Waals surface area (Å²) in [5.41, 5.74) is 1.43. The molecule has 0 aliphatic heterocycles. The second kappa shape index (κ2) is 6.93. The van der Waals surface area contributed by atoms with Gasteiger partial charge in [0, 0.05) is 11.5 Å². The van der Waals surface area contributed by atoms with Crippen molar-refractivity contribution in [3.8, 4) is 0 Å². The van der Waals surface area contributed by atoms with Gasteiger partial charge in [0.15, 0.2) is 0 Å². The molecule has 3 aromatic carbocycles. The topological polar surface area (TPSA) is 20.2 Å². The molecule has 1 N–H and O–H groups in total. The third-order valence-electron chi connectivity index (χ3n) is 4.41. The van der Waals surface area contributed by atoms with Crippen LogP contribution < -0.4 is 0 Å². The monoisotopic (exact) mass is 308 g/mol. The lowest BCUT2D eigenvalue weighted by atomic mass is 9.85. The molecule has 0 bridgehead atoms. The average Bonchev–Trinajstić information content (AvgIpc) is 2.59. The van der Waals surface area contributed by atoms with E-state index in [9.17, 15) is 9.50 Å². The van der Waals surface area contributed by atoms with E-state index in [1.54, 1.807) is 18.2 Å². The number of aliphatic hydroxyl groups is 1. The van der Waals surface area contributed by atoms with Crippen LogP contribution in [0.15, 0.2) is 66.7 Å². The van der Waals surface area contributed by atoms with Crippen LogP contribution in [0.1, 0.15) is 42.9 Å². The van der Waals surface area contributed by atoms with Crippen molar-refractivity contribution in [3.63, 3.8) is 0 Å². The predicted octanol–water partition coefficient (Wildman–Crippen LogP) is 5.60. The first kappa shape index (κ1) is 15.7. The summed E-state index contributed by atoms with van der Waals surface area (Å²) in [6, 6.07) is 20.9. The zero-order valence-corrected chi connectivity index (χ0v) is 13.2. The van der Waals surface area contributed by atoms with Gasteiger partial charge in [0.2, 0.25) is 0 Å². The Balaban J connectivity index is 2.01. The Kier molecular flexibility index (Phi) is 4.73. The molecule has 0 fully saturated rings. The molecule has 3 aromatic rings. The maximum atomic E-state index is 14.0. The van der Waals surface area contributed by atoms with Gasteiger partial charge in [0.1, 0.15) is 5.82 Å². The van der Waals surface area contributed by atoms with E-state index >= 15 is 0 Å². The van der Waals surface area contributed by atoms with Gasteiger partial charge in [-0.15, -0.1) is 0 Å². The lowest BCUT2D eigenvalue weighted by Gasteiger charge is -2.24. The Morgan fingerprint density at radius 3 is 2.35 bits per heavy atom. The maximum Gasteiger partial charge on any atom is 0.129 e. The molecule has 0 aliphatic rings. The van der Waals surface area contributed by atoms with E-state index in [0.29, 0.717) is 5.56 Å². The Hall–Kier alpha value is -2.19. The highest BCUT2D eigenvalue weighted by atomic mass is 19.1. The Morgan fingerprint density at radius 2 is 1.61 bits per heavy atom. The number of rotatable bonds is 5. The number of benzene rings is 3. The van der Waals surface area contributed by atoms with Crippen molar-refractivity contribution in [2.75, 3.05) is 0 Å². The van der Waals surface area contributed by atoms with Gasteiger partial charge >= 0.3 is 0 Å². The Labute approximate surface area is 136 Å². The number of hydrogen-bond acceptors (Lipinski definition) is 1. The van der Waals surface area contributed by atoms with Crippen molar-refractivity contribution in [2.45, 2.75) is 31.8 Å². The van der Waals surface area contributed by atoms with Gasteiger partial charge in [0.25, 0.3) is 0 Å². The molecular formula is C21H21FO. The second-order valence-electron chi connectivity index (χ2n) is 5.97. The highest BCUT2D eigenvalue weighted by Crippen LogP contribution is 2.36. The molecule has 0 unspecified atom stereocenters. The van der Waals surface area contributed by atoms with Crippen molar-refractivity contribution >= 4 is 10.8 Å². The maximum absolute atomic E-state index is 14.0. The molecular weight excluding hydrogens is 287 g/mol. The second-order valence-corrected chi connectivity index (χ2v) is 5.97. The van der Waals surface area contributed by atoms with Gasteiger partial charge in [-0.05, 0) is 28.8 Å². The summed E-state index contributed by atoms with van der Waals surface area (Å²) in [5.74, 6) is -0.455. The van der Waals surface area contributed by atoms with Crippen molar-refractivity contribution in [2.24, 2.45) is 0 Å². The summed E-state index contributed by atoms with van der Waals surface area (Å²) in [7, 11) is 0. The predicted molar refractivity (Wildman–Crippen MR) is 93.0 cm³/mol. The molecule has 1 nitrogen and oxygen atoms in total. The molecule has 2 atom stereocenters. The van der Waals surface area contributed by atoms with Crippen LogP contribution in [0.5, 0.6) is 0 Å². The van der Waals surface area contributed by atoms with Gasteiger partial charge < -0.3 is 5.11 Å². The van der Waals surface area contributed by atoms with Crippen LogP contribution in [0.3, 0.4) is 0 Å². The zero-order valence-electron chi connectivity index (χ0n) is 13.2. The minimum Gasteiger partial charge on any atom is -0.388 e. The van der Waals surface area contributed by atoms with E-state index in [2.05, 4.69) is 31.2 Å². The van der Waals surface area contributed by atoms with E-state index < -0.39 is 6.10 Å². The number of halogens is 1. The van der Waals surface area contributed by atoms with E-state index in [0.717, 1.165) is 23.8 Å². The van der Waals surface area contributed by atoms with Crippen LogP contribution >= 0.6 is 0 Å². The van der Waals surface area contributed by atoms with Crippen molar-refractivity contribution in [1.29, 1.82) is 0 Å². The van der Waals surface area contributed by atoms with Crippen LogP contribution in [0.25, 0.3) is 10.8 Å². The molecule has 0 radical (unpaired) electrons. The molecule has 23 heavy (non-hydrogen) atoms. The van der Waals surface area contributed by atoms with Gasteiger partial charge in [-0.1, -0.05) is 74.0 Å². The van der Waals surface area contributed by atoms with Crippen LogP contribution in [0.2, 0.25) is 0 Å². The minimum atomic E-state index is -0.836. The summed E-state index contributed by atoms with van der Waals surface area (Å²) in [6.45, 7) is 2.09. The summed E-state index contributed by atoms with van der Waals surface area (Å²) in [4.78, 5) is 0. The van der Waals surface area contributed by atoms with Gasteiger partial charge in [-0.2, -0.15) is 0 Å². The molecule has 3 rings (SSSR count). The third-order valence-corrected chi connectivity index (χ3v) is 4.41. The van der Waals surface area contributed by atoms with Crippen LogP contribution in [0, 0.1) is 5.82 Å². The van der Waals surface area contributed by atoms with E-state index in [4.69, 9.17) is 0 Å². The normalized spacial score (nSPS) is 13.9. The van der Waals surface area contributed by atoms with Crippen molar-refractivity contribution in [1.82, 2.24) is 0 Å². The van der Waals surface area contributed by atoms with Crippen LogP contribution in [0.4, 0.5) is 4.39 Å². The molecule has 0 aliphatic carbocycles. The number of aliphatic hydroxyl groups excluding tert-OH is 1. The molecule has 2 heteroatoms. The van der Waals surface area contributed by atoms with Crippen LogP contribution in [-0.2, 0) is 0 Å². The van der Waals surface area contributed by atoms with Crippen molar-refractivity contribution < 1.29 is 9.50 Å². The molecule has 0 spiro atoms. The highest BCUT2D eigenvalue weighted by Gasteiger charge is 2.24. The lowest BCUT2D eigenvalue weighted by molar-refractivity contribution is 0.135. The molecule has 118 valence electrons. The summed E-state index contributed by atoms with van der Waals surface area (Å²) in [6.07, 6.45) is 0.911. The summed E-state index contributed by atoms with van der Waals surface area (Å²) >= 11 is 0. The fourth-order valence-corrected chi connectivity index (χ4v) is 3.19. The fraction of sp³-hybridized carbons (Fsp3) is 0.238. The summed E-state index contributed by atoms with van der Waals surface area (Å²) in [5, 5.41) is 13.1. The van der Waals surface area contributed by atoms with E-state index in [-0.39, 0.29) is 11.7 Å². The van der Waals surface area contributed by atoms with E-state index in [1.807, 2.05) is 18.2 Å².